The molecule has 27 heavy (non-hydrogen) atoms. The van der Waals surface area contributed by atoms with Crippen LogP contribution in [0.15, 0.2) is 42.6 Å². The number of ketones is 1. The summed E-state index contributed by atoms with van der Waals surface area (Å²) in [5.41, 5.74) is 2.69. The molecule has 6 nitrogen and oxygen atoms in total. The van der Waals surface area contributed by atoms with Crippen LogP contribution in [0.25, 0.3) is 0 Å². The number of amides is 1. The topological polar surface area (TPSA) is 71.5 Å². The smallest absolute Gasteiger partial charge is 0.220 e. The molecule has 1 saturated heterocycles. The van der Waals surface area contributed by atoms with Crippen LogP contribution in [-0.2, 0) is 16.1 Å². The van der Waals surface area contributed by atoms with Crippen molar-refractivity contribution in [3.05, 3.63) is 59.3 Å². The molecule has 1 aliphatic rings. The normalized spacial score (nSPS) is 14.0. The van der Waals surface area contributed by atoms with E-state index in [4.69, 9.17) is 4.74 Å². The molecular formula is C21H25N3O3. The van der Waals surface area contributed by atoms with Gasteiger partial charge in [0.2, 0.25) is 5.91 Å². The monoisotopic (exact) mass is 367 g/mol. The summed E-state index contributed by atoms with van der Waals surface area (Å²) in [5.74, 6) is 0.784. The molecule has 2 heterocycles. The van der Waals surface area contributed by atoms with Crippen molar-refractivity contribution in [3.63, 3.8) is 0 Å². The number of hydrogen-bond donors (Lipinski definition) is 1. The largest absolute Gasteiger partial charge is 0.378 e. The number of pyridine rings is 1. The molecule has 0 aliphatic carbocycles. The number of nitrogens with one attached hydrogen (secondary N) is 1. The highest BCUT2D eigenvalue weighted by Gasteiger charge is 2.12. The molecule has 1 aliphatic heterocycles. The minimum atomic E-state index is -0.132. The summed E-state index contributed by atoms with van der Waals surface area (Å²) in [4.78, 5) is 30.8. The van der Waals surface area contributed by atoms with Gasteiger partial charge in [0.05, 0.1) is 13.2 Å². The molecule has 3 rings (SSSR count). The third-order valence-corrected chi connectivity index (χ3v) is 4.59. The van der Waals surface area contributed by atoms with E-state index in [-0.39, 0.29) is 24.5 Å². The first-order valence-electron chi connectivity index (χ1n) is 9.26. The number of morpholine rings is 1. The van der Waals surface area contributed by atoms with Crippen molar-refractivity contribution in [2.45, 2.75) is 26.3 Å². The standard InChI is InChI=1S/C21H25N3O3/c1-16-2-5-18(6-3-16)19(25)7-9-21(26)23-15-17-4-8-20(22-14-17)24-10-12-27-13-11-24/h2-6,8,14H,7,9-13,15H2,1H3,(H,23,26). The molecule has 1 aromatic carbocycles. The lowest BCUT2D eigenvalue weighted by Gasteiger charge is -2.27. The van der Waals surface area contributed by atoms with Crippen LogP contribution in [0.5, 0.6) is 0 Å². The summed E-state index contributed by atoms with van der Waals surface area (Å²) < 4.78 is 5.34. The Balaban J connectivity index is 1.42. The van der Waals surface area contributed by atoms with Crippen LogP contribution < -0.4 is 10.2 Å². The predicted octanol–water partition coefficient (Wildman–Crippen LogP) is 2.51. The summed E-state index contributed by atoms with van der Waals surface area (Å²) in [6, 6.07) is 11.3. The number of nitrogens with zero attached hydrogens (tertiary/aromatic N) is 2. The lowest BCUT2D eigenvalue weighted by atomic mass is 10.0. The Morgan fingerprint density at radius 1 is 1.07 bits per heavy atom. The Morgan fingerprint density at radius 3 is 2.48 bits per heavy atom. The molecule has 0 radical (unpaired) electrons. The van der Waals surface area contributed by atoms with E-state index in [1.165, 1.54) is 0 Å². The molecule has 0 saturated carbocycles. The van der Waals surface area contributed by atoms with Crippen molar-refractivity contribution < 1.29 is 14.3 Å². The van der Waals surface area contributed by atoms with Gasteiger partial charge in [-0.3, -0.25) is 9.59 Å². The van der Waals surface area contributed by atoms with Crippen LogP contribution in [0, 0.1) is 6.92 Å². The fraction of sp³-hybridized carbons (Fsp3) is 0.381. The first-order chi connectivity index (χ1) is 13.1. The van der Waals surface area contributed by atoms with Gasteiger partial charge in [-0.2, -0.15) is 0 Å². The summed E-state index contributed by atoms with van der Waals surface area (Å²) in [6.07, 6.45) is 2.18. The van der Waals surface area contributed by atoms with E-state index in [2.05, 4.69) is 15.2 Å². The van der Waals surface area contributed by atoms with Gasteiger partial charge in [0.15, 0.2) is 5.78 Å². The van der Waals surface area contributed by atoms with Crippen molar-refractivity contribution in [1.29, 1.82) is 0 Å². The summed E-state index contributed by atoms with van der Waals surface area (Å²) in [6.45, 7) is 5.52. The van der Waals surface area contributed by atoms with E-state index < -0.39 is 0 Å². The van der Waals surface area contributed by atoms with Crippen LogP contribution in [0.4, 0.5) is 5.82 Å². The zero-order valence-electron chi connectivity index (χ0n) is 15.6. The van der Waals surface area contributed by atoms with Crippen molar-refractivity contribution in [2.75, 3.05) is 31.2 Å². The van der Waals surface area contributed by atoms with Gasteiger partial charge in [-0.25, -0.2) is 4.98 Å². The number of hydrogen-bond acceptors (Lipinski definition) is 5. The summed E-state index contributed by atoms with van der Waals surface area (Å²) >= 11 is 0. The van der Waals surface area contributed by atoms with E-state index in [1.54, 1.807) is 18.3 Å². The van der Waals surface area contributed by atoms with Crippen molar-refractivity contribution in [3.8, 4) is 0 Å². The molecule has 0 spiro atoms. The number of anilines is 1. The van der Waals surface area contributed by atoms with Gasteiger partial charge in [-0.05, 0) is 18.6 Å². The fourth-order valence-electron chi connectivity index (χ4n) is 2.90. The van der Waals surface area contributed by atoms with Crippen LogP contribution in [-0.4, -0.2) is 43.0 Å². The molecule has 0 unspecified atom stereocenters. The number of aromatic nitrogens is 1. The second kappa shape index (κ2) is 9.28. The summed E-state index contributed by atoms with van der Waals surface area (Å²) in [5, 5.41) is 2.85. The first kappa shape index (κ1) is 19.0. The van der Waals surface area contributed by atoms with Gasteiger partial charge in [-0.15, -0.1) is 0 Å². The third kappa shape index (κ3) is 5.62. The number of benzene rings is 1. The number of rotatable bonds is 7. The van der Waals surface area contributed by atoms with E-state index in [9.17, 15) is 9.59 Å². The second-order valence-corrected chi connectivity index (χ2v) is 6.69. The lowest BCUT2D eigenvalue weighted by Crippen LogP contribution is -2.36. The van der Waals surface area contributed by atoms with Crippen molar-refractivity contribution in [2.24, 2.45) is 0 Å². The molecule has 1 amide bonds. The highest BCUT2D eigenvalue weighted by Crippen LogP contribution is 2.13. The second-order valence-electron chi connectivity index (χ2n) is 6.69. The number of aryl methyl sites for hydroxylation is 1. The highest BCUT2D eigenvalue weighted by atomic mass is 16.5. The number of carbonyl (C=O) groups is 2. The molecule has 1 N–H and O–H groups in total. The maximum Gasteiger partial charge on any atom is 0.220 e. The van der Waals surface area contributed by atoms with Crippen LogP contribution >= 0.6 is 0 Å². The highest BCUT2D eigenvalue weighted by molar-refractivity contribution is 5.97. The molecule has 1 fully saturated rings. The Hall–Kier alpha value is -2.73. The van der Waals surface area contributed by atoms with E-state index >= 15 is 0 Å². The molecular weight excluding hydrogens is 342 g/mol. The quantitative estimate of drug-likeness (QED) is 0.762. The van der Waals surface area contributed by atoms with Gasteiger partial charge in [0.1, 0.15) is 5.82 Å². The van der Waals surface area contributed by atoms with Gasteiger partial charge in [0, 0.05) is 44.2 Å². The van der Waals surface area contributed by atoms with Gasteiger partial charge >= 0.3 is 0 Å². The molecule has 1 aromatic heterocycles. The SMILES string of the molecule is Cc1ccc(C(=O)CCC(=O)NCc2ccc(N3CCOCC3)nc2)cc1. The van der Waals surface area contributed by atoms with Gasteiger partial charge in [0.25, 0.3) is 0 Å². The van der Waals surface area contributed by atoms with Crippen LogP contribution in [0.2, 0.25) is 0 Å². The number of ether oxygens (including phenoxy) is 1. The van der Waals surface area contributed by atoms with Crippen molar-refractivity contribution >= 4 is 17.5 Å². The fourth-order valence-corrected chi connectivity index (χ4v) is 2.90. The van der Waals surface area contributed by atoms with Crippen molar-refractivity contribution in [1.82, 2.24) is 10.3 Å². The Bertz CT molecular complexity index is 766. The van der Waals surface area contributed by atoms with E-state index in [0.29, 0.717) is 12.1 Å². The molecule has 2 aromatic rings. The van der Waals surface area contributed by atoms with E-state index in [0.717, 1.165) is 43.2 Å². The number of Topliss-reactive ketones (excluding diaryl/α,β-unsaturated/α-hetero) is 1. The average molecular weight is 367 g/mol. The molecule has 0 bridgehead atoms. The van der Waals surface area contributed by atoms with Gasteiger partial charge < -0.3 is 15.0 Å². The Kier molecular flexibility index (Phi) is 6.54. The minimum absolute atomic E-state index is 0.0123. The maximum atomic E-state index is 12.1. The Morgan fingerprint density at radius 2 is 1.81 bits per heavy atom. The predicted molar refractivity (Wildman–Crippen MR) is 104 cm³/mol. The Labute approximate surface area is 159 Å². The number of carbonyl (C=O) groups excluding carboxylic acids is 2. The minimum Gasteiger partial charge on any atom is -0.378 e. The van der Waals surface area contributed by atoms with Gasteiger partial charge in [-0.1, -0.05) is 35.9 Å². The third-order valence-electron chi connectivity index (χ3n) is 4.59. The van der Waals surface area contributed by atoms with Crippen LogP contribution in [0.1, 0.15) is 34.3 Å². The molecule has 0 atom stereocenters. The zero-order valence-corrected chi connectivity index (χ0v) is 15.6. The first-order valence-corrected chi connectivity index (χ1v) is 9.26. The maximum absolute atomic E-state index is 12.1. The average Bonchev–Trinajstić information content (AvgIpc) is 2.72. The lowest BCUT2D eigenvalue weighted by molar-refractivity contribution is -0.121. The van der Waals surface area contributed by atoms with Crippen LogP contribution in [0.3, 0.4) is 0 Å². The van der Waals surface area contributed by atoms with E-state index in [1.807, 2.05) is 31.2 Å². The zero-order chi connectivity index (χ0) is 19.1. The summed E-state index contributed by atoms with van der Waals surface area (Å²) in [7, 11) is 0. The molecule has 6 heteroatoms. The molecule has 142 valence electrons.